The quantitative estimate of drug-likeness (QED) is 0.331. The van der Waals surface area contributed by atoms with Gasteiger partial charge in [0.05, 0.1) is 11.5 Å². The first-order valence-electron chi connectivity index (χ1n) is 11.9. The molecule has 37 heavy (non-hydrogen) atoms. The van der Waals surface area contributed by atoms with Gasteiger partial charge in [-0.3, -0.25) is 18.8 Å². The van der Waals surface area contributed by atoms with Crippen LogP contribution in [0.1, 0.15) is 35.0 Å². The topological polar surface area (TPSA) is 121 Å². The van der Waals surface area contributed by atoms with E-state index in [0.717, 1.165) is 16.7 Å². The molecule has 4 aromatic rings. The first-order chi connectivity index (χ1) is 17.6. The molecule has 2 heterocycles. The van der Waals surface area contributed by atoms with Gasteiger partial charge < -0.3 is 10.3 Å². The predicted octanol–water partition coefficient (Wildman–Crippen LogP) is 4.21. The van der Waals surface area contributed by atoms with Crippen molar-refractivity contribution in [3.63, 3.8) is 0 Å². The summed E-state index contributed by atoms with van der Waals surface area (Å²) in [6, 6.07) is 17.5. The van der Waals surface area contributed by atoms with Gasteiger partial charge in [-0.2, -0.15) is 8.42 Å². The SMILES string of the molecule is Cc1ccc(-c2c(C(N)=O)n(CC[C@@H](C)COS(=O)(=O)c3ccc(C)cc3)c(=O)c3ncccc23)cc1. The van der Waals surface area contributed by atoms with Gasteiger partial charge in [0.15, 0.2) is 0 Å². The van der Waals surface area contributed by atoms with E-state index in [0.29, 0.717) is 17.4 Å². The zero-order chi connectivity index (χ0) is 26.7. The lowest BCUT2D eigenvalue weighted by atomic mass is 9.97. The number of primary amides is 1. The first kappa shape index (κ1) is 26.2. The highest BCUT2D eigenvalue weighted by molar-refractivity contribution is 7.86. The summed E-state index contributed by atoms with van der Waals surface area (Å²) in [6.45, 7) is 5.71. The summed E-state index contributed by atoms with van der Waals surface area (Å²) in [6.07, 6.45) is 1.90. The predicted molar refractivity (Wildman–Crippen MR) is 143 cm³/mol. The maximum absolute atomic E-state index is 13.4. The summed E-state index contributed by atoms with van der Waals surface area (Å²) in [7, 11) is -3.91. The Kier molecular flexibility index (Phi) is 7.56. The highest BCUT2D eigenvalue weighted by atomic mass is 32.2. The minimum absolute atomic E-state index is 0.0759. The standard InChI is InChI=1S/C28H29N3O5S/c1-18-6-10-21(11-7-18)24-23-5-4-15-30-25(23)28(33)31(26(24)27(29)32)16-14-20(3)17-36-37(34,35)22-12-8-19(2)9-13-22/h4-13,15,20H,14,16-17H2,1-3H3,(H2,29,32)/t20-/m1/s1. The van der Waals surface area contributed by atoms with E-state index in [1.165, 1.54) is 22.9 Å². The molecule has 2 aromatic carbocycles. The van der Waals surface area contributed by atoms with Crippen LogP contribution in [0.2, 0.25) is 0 Å². The number of nitrogens with zero attached hydrogens (tertiary/aromatic N) is 2. The van der Waals surface area contributed by atoms with E-state index < -0.39 is 21.6 Å². The van der Waals surface area contributed by atoms with Gasteiger partial charge in [-0.1, -0.05) is 60.5 Å². The Balaban J connectivity index is 1.65. The van der Waals surface area contributed by atoms with Crippen molar-refractivity contribution in [2.45, 2.75) is 38.6 Å². The third kappa shape index (κ3) is 5.63. The normalized spacial score (nSPS) is 12.5. The fourth-order valence-corrected chi connectivity index (χ4v) is 5.18. The number of fused-ring (bicyclic) bond motifs is 1. The first-order valence-corrected chi connectivity index (χ1v) is 13.3. The molecule has 2 N–H and O–H groups in total. The number of carbonyl (C=O) groups is 1. The average Bonchev–Trinajstić information content (AvgIpc) is 2.87. The number of aromatic nitrogens is 2. The van der Waals surface area contributed by atoms with Crippen molar-refractivity contribution >= 4 is 26.9 Å². The van der Waals surface area contributed by atoms with Crippen LogP contribution in [0.5, 0.6) is 0 Å². The second-order valence-electron chi connectivity index (χ2n) is 9.26. The lowest BCUT2D eigenvalue weighted by molar-refractivity contribution is 0.0990. The van der Waals surface area contributed by atoms with Crippen molar-refractivity contribution < 1.29 is 17.4 Å². The molecular formula is C28H29N3O5S. The van der Waals surface area contributed by atoms with Crippen LogP contribution in [0, 0.1) is 19.8 Å². The number of amides is 1. The maximum Gasteiger partial charge on any atom is 0.296 e. The third-order valence-electron chi connectivity index (χ3n) is 6.27. The van der Waals surface area contributed by atoms with E-state index in [1.807, 2.05) is 45.0 Å². The molecule has 4 rings (SSSR count). The molecule has 192 valence electrons. The van der Waals surface area contributed by atoms with Crippen molar-refractivity contribution in [3.8, 4) is 11.1 Å². The van der Waals surface area contributed by atoms with Gasteiger partial charge in [0, 0.05) is 23.7 Å². The molecule has 0 unspecified atom stereocenters. The van der Waals surface area contributed by atoms with E-state index in [1.54, 1.807) is 24.3 Å². The van der Waals surface area contributed by atoms with Gasteiger partial charge in [0.25, 0.3) is 21.6 Å². The van der Waals surface area contributed by atoms with Crippen LogP contribution < -0.4 is 11.3 Å². The van der Waals surface area contributed by atoms with E-state index in [2.05, 4.69) is 4.98 Å². The second-order valence-corrected chi connectivity index (χ2v) is 10.9. The molecule has 0 aliphatic rings. The Morgan fingerprint density at radius 3 is 2.27 bits per heavy atom. The molecule has 0 bridgehead atoms. The molecule has 0 fully saturated rings. The molecule has 0 spiro atoms. The molecule has 0 aliphatic heterocycles. The van der Waals surface area contributed by atoms with Crippen LogP contribution in [0.25, 0.3) is 22.0 Å². The van der Waals surface area contributed by atoms with Crippen LogP contribution in [0.3, 0.4) is 0 Å². The zero-order valence-electron chi connectivity index (χ0n) is 21.0. The lowest BCUT2D eigenvalue weighted by Crippen LogP contribution is -2.31. The summed E-state index contributed by atoms with van der Waals surface area (Å²) < 4.78 is 31.7. The van der Waals surface area contributed by atoms with Gasteiger partial charge in [-0.25, -0.2) is 0 Å². The summed E-state index contributed by atoms with van der Waals surface area (Å²) >= 11 is 0. The summed E-state index contributed by atoms with van der Waals surface area (Å²) in [5.41, 5.74) is 8.99. The number of nitrogens with two attached hydrogens (primary N) is 1. The fraction of sp³-hybridized carbons (Fsp3) is 0.250. The molecule has 1 atom stereocenters. The van der Waals surface area contributed by atoms with Crippen LogP contribution in [-0.4, -0.2) is 30.5 Å². The number of hydrogen-bond acceptors (Lipinski definition) is 6. The van der Waals surface area contributed by atoms with E-state index >= 15 is 0 Å². The van der Waals surface area contributed by atoms with Gasteiger partial charge in [0.2, 0.25) is 0 Å². The van der Waals surface area contributed by atoms with Crippen LogP contribution >= 0.6 is 0 Å². The monoisotopic (exact) mass is 519 g/mol. The Hall–Kier alpha value is -3.82. The Morgan fingerprint density at radius 2 is 1.65 bits per heavy atom. The van der Waals surface area contributed by atoms with Crippen molar-refractivity contribution in [2.75, 3.05) is 6.61 Å². The molecule has 0 saturated carbocycles. The van der Waals surface area contributed by atoms with Crippen LogP contribution in [0.15, 0.2) is 76.6 Å². The van der Waals surface area contributed by atoms with Crippen molar-refractivity contribution in [2.24, 2.45) is 11.7 Å². The second kappa shape index (κ2) is 10.7. The number of pyridine rings is 2. The smallest absolute Gasteiger partial charge is 0.296 e. The van der Waals surface area contributed by atoms with Crippen molar-refractivity contribution in [1.82, 2.24) is 9.55 Å². The molecule has 9 heteroatoms. The van der Waals surface area contributed by atoms with Crippen molar-refractivity contribution in [1.29, 1.82) is 0 Å². The van der Waals surface area contributed by atoms with Gasteiger partial charge in [-0.15, -0.1) is 0 Å². The average molecular weight is 520 g/mol. The lowest BCUT2D eigenvalue weighted by Gasteiger charge is -2.19. The van der Waals surface area contributed by atoms with E-state index in [9.17, 15) is 18.0 Å². The molecule has 8 nitrogen and oxygen atoms in total. The number of rotatable bonds is 9. The number of aryl methyl sites for hydroxylation is 2. The van der Waals surface area contributed by atoms with E-state index in [4.69, 9.17) is 9.92 Å². The molecular weight excluding hydrogens is 490 g/mol. The molecule has 1 amide bonds. The highest BCUT2D eigenvalue weighted by Crippen LogP contribution is 2.30. The van der Waals surface area contributed by atoms with Gasteiger partial charge in [0.1, 0.15) is 11.2 Å². The molecule has 0 saturated heterocycles. The van der Waals surface area contributed by atoms with Gasteiger partial charge >= 0.3 is 0 Å². The highest BCUT2D eigenvalue weighted by Gasteiger charge is 2.23. The Morgan fingerprint density at radius 1 is 1.03 bits per heavy atom. The number of benzene rings is 2. The minimum Gasteiger partial charge on any atom is -0.364 e. The summed E-state index contributed by atoms with van der Waals surface area (Å²) in [4.78, 5) is 30.5. The maximum atomic E-state index is 13.4. The largest absolute Gasteiger partial charge is 0.364 e. The van der Waals surface area contributed by atoms with Gasteiger partial charge in [-0.05, 0) is 49.9 Å². The number of carbonyl (C=O) groups excluding carboxylic acids is 1. The molecule has 0 aliphatic carbocycles. The van der Waals surface area contributed by atoms with E-state index in [-0.39, 0.29) is 35.2 Å². The van der Waals surface area contributed by atoms with Crippen LogP contribution in [-0.2, 0) is 20.8 Å². The van der Waals surface area contributed by atoms with Crippen LogP contribution in [0.4, 0.5) is 0 Å². The van der Waals surface area contributed by atoms with Crippen molar-refractivity contribution in [3.05, 3.63) is 94.0 Å². The Bertz CT molecular complexity index is 1610. The zero-order valence-corrected chi connectivity index (χ0v) is 21.8. The minimum atomic E-state index is -3.91. The summed E-state index contributed by atoms with van der Waals surface area (Å²) in [5, 5.41) is 0.543. The molecule has 2 aromatic heterocycles. The molecule has 0 radical (unpaired) electrons. The Labute approximate surface area is 215 Å². The number of hydrogen-bond donors (Lipinski definition) is 1. The fourth-order valence-electron chi connectivity index (χ4n) is 4.16. The third-order valence-corrected chi connectivity index (χ3v) is 7.56. The summed E-state index contributed by atoms with van der Waals surface area (Å²) in [5.74, 6) is -0.973.